The van der Waals surface area contributed by atoms with Crippen molar-refractivity contribution < 1.29 is 9.59 Å². The molecule has 0 unspecified atom stereocenters. The standard InChI is InChI=1S/C28H26Cl2N4O2/c29-22-3-1-2-20(14-22)27(35)33-24-10-13-26(30)21(15-24)17-34(25-11-8-23(32)9-12-25)28(36)19-6-4-18(16-31)5-7-19/h1-7,10,13-15,23,25H,8-9,11-12,17,32H2,(H,33,35). The quantitative estimate of drug-likeness (QED) is 0.414. The van der Waals surface area contributed by atoms with Crippen LogP contribution in [0.25, 0.3) is 0 Å². The van der Waals surface area contributed by atoms with E-state index < -0.39 is 0 Å². The second-order valence-electron chi connectivity index (χ2n) is 8.96. The maximum Gasteiger partial charge on any atom is 0.255 e. The third-order valence-corrected chi connectivity index (χ3v) is 7.04. The molecule has 4 rings (SSSR count). The van der Waals surface area contributed by atoms with E-state index in [-0.39, 0.29) is 30.4 Å². The normalized spacial score (nSPS) is 17.2. The first-order valence-electron chi connectivity index (χ1n) is 11.8. The van der Waals surface area contributed by atoms with E-state index in [1.54, 1.807) is 66.7 Å². The number of anilines is 1. The zero-order valence-electron chi connectivity index (χ0n) is 19.6. The second-order valence-corrected chi connectivity index (χ2v) is 9.81. The Morgan fingerprint density at radius 3 is 2.36 bits per heavy atom. The highest BCUT2D eigenvalue weighted by Crippen LogP contribution is 2.29. The average molecular weight is 521 g/mol. The fourth-order valence-electron chi connectivity index (χ4n) is 4.42. The molecule has 0 aromatic heterocycles. The number of amides is 2. The molecule has 1 saturated carbocycles. The molecule has 0 atom stereocenters. The van der Waals surface area contributed by atoms with Gasteiger partial charge in [0.15, 0.2) is 0 Å². The Morgan fingerprint density at radius 1 is 0.972 bits per heavy atom. The van der Waals surface area contributed by atoms with Crippen LogP contribution in [-0.4, -0.2) is 28.8 Å². The van der Waals surface area contributed by atoms with Gasteiger partial charge in [-0.1, -0.05) is 29.3 Å². The van der Waals surface area contributed by atoms with Crippen molar-refractivity contribution in [1.82, 2.24) is 4.90 Å². The van der Waals surface area contributed by atoms with Gasteiger partial charge in [0.2, 0.25) is 0 Å². The highest BCUT2D eigenvalue weighted by atomic mass is 35.5. The van der Waals surface area contributed by atoms with E-state index in [1.807, 2.05) is 4.90 Å². The number of nitrogens with two attached hydrogens (primary N) is 1. The summed E-state index contributed by atoms with van der Waals surface area (Å²) < 4.78 is 0. The van der Waals surface area contributed by atoms with E-state index in [4.69, 9.17) is 34.2 Å². The molecule has 6 nitrogen and oxygen atoms in total. The molecule has 3 aromatic carbocycles. The van der Waals surface area contributed by atoms with Crippen molar-refractivity contribution in [3.05, 3.63) is 99.0 Å². The Morgan fingerprint density at radius 2 is 1.69 bits per heavy atom. The van der Waals surface area contributed by atoms with Crippen LogP contribution in [0.3, 0.4) is 0 Å². The minimum absolute atomic E-state index is 0.00807. The van der Waals surface area contributed by atoms with Gasteiger partial charge in [-0.25, -0.2) is 0 Å². The van der Waals surface area contributed by atoms with Crippen LogP contribution in [0.15, 0.2) is 66.7 Å². The third-order valence-electron chi connectivity index (χ3n) is 6.44. The first kappa shape index (κ1) is 25.7. The lowest BCUT2D eigenvalue weighted by Gasteiger charge is -2.36. The summed E-state index contributed by atoms with van der Waals surface area (Å²) in [5.74, 6) is -0.429. The van der Waals surface area contributed by atoms with Crippen LogP contribution in [0.4, 0.5) is 5.69 Å². The molecule has 184 valence electrons. The first-order valence-corrected chi connectivity index (χ1v) is 12.5. The van der Waals surface area contributed by atoms with E-state index >= 15 is 0 Å². The topological polar surface area (TPSA) is 99.2 Å². The summed E-state index contributed by atoms with van der Waals surface area (Å²) in [6.45, 7) is 0.276. The molecule has 1 aliphatic carbocycles. The van der Waals surface area contributed by atoms with E-state index in [1.165, 1.54) is 0 Å². The first-order chi connectivity index (χ1) is 17.3. The summed E-state index contributed by atoms with van der Waals surface area (Å²) in [5.41, 5.74) is 8.84. The van der Waals surface area contributed by atoms with Crippen molar-refractivity contribution in [1.29, 1.82) is 5.26 Å². The summed E-state index contributed by atoms with van der Waals surface area (Å²) in [6.07, 6.45) is 3.27. The molecule has 0 radical (unpaired) electrons. The van der Waals surface area contributed by atoms with Crippen molar-refractivity contribution >= 4 is 40.7 Å². The lowest BCUT2D eigenvalue weighted by molar-refractivity contribution is 0.0606. The van der Waals surface area contributed by atoms with Gasteiger partial charge < -0.3 is 16.0 Å². The maximum absolute atomic E-state index is 13.6. The number of rotatable bonds is 6. The van der Waals surface area contributed by atoms with Gasteiger partial charge in [0.25, 0.3) is 11.8 Å². The van der Waals surface area contributed by atoms with Crippen LogP contribution >= 0.6 is 23.2 Å². The zero-order valence-corrected chi connectivity index (χ0v) is 21.1. The molecule has 0 saturated heterocycles. The highest BCUT2D eigenvalue weighted by molar-refractivity contribution is 6.31. The Hall–Kier alpha value is -3.37. The number of nitriles is 1. The maximum atomic E-state index is 13.6. The third kappa shape index (κ3) is 6.24. The molecule has 2 amide bonds. The van der Waals surface area contributed by atoms with E-state index in [0.717, 1.165) is 31.2 Å². The molecule has 0 heterocycles. The fraction of sp³-hybridized carbons (Fsp3) is 0.250. The van der Waals surface area contributed by atoms with Gasteiger partial charge in [-0.3, -0.25) is 9.59 Å². The smallest absolute Gasteiger partial charge is 0.255 e. The van der Waals surface area contributed by atoms with Crippen LogP contribution in [0, 0.1) is 11.3 Å². The van der Waals surface area contributed by atoms with Gasteiger partial charge in [0.1, 0.15) is 0 Å². The number of halogens is 2. The van der Waals surface area contributed by atoms with Gasteiger partial charge in [0, 0.05) is 45.5 Å². The van der Waals surface area contributed by atoms with Crippen LogP contribution in [0.2, 0.25) is 10.0 Å². The SMILES string of the molecule is N#Cc1ccc(C(=O)N(Cc2cc(NC(=O)c3cccc(Cl)c3)ccc2Cl)C2CCC(N)CC2)cc1. The second kappa shape index (κ2) is 11.6. The van der Waals surface area contributed by atoms with E-state index in [9.17, 15) is 9.59 Å². The Bertz CT molecular complexity index is 1300. The predicted molar refractivity (Wildman–Crippen MR) is 142 cm³/mol. The highest BCUT2D eigenvalue weighted by Gasteiger charge is 2.29. The molecule has 0 bridgehead atoms. The zero-order chi connectivity index (χ0) is 25.7. The molecule has 1 fully saturated rings. The minimum Gasteiger partial charge on any atom is -0.331 e. The Balaban J connectivity index is 1.59. The molecular weight excluding hydrogens is 495 g/mol. The number of hydrogen-bond donors (Lipinski definition) is 2. The lowest BCUT2D eigenvalue weighted by Crippen LogP contribution is -2.44. The van der Waals surface area contributed by atoms with Crippen molar-refractivity contribution in [2.75, 3.05) is 5.32 Å². The summed E-state index contributed by atoms with van der Waals surface area (Å²) in [5, 5.41) is 13.0. The molecule has 3 aromatic rings. The van der Waals surface area contributed by atoms with Crippen LogP contribution in [0.1, 0.15) is 57.5 Å². The van der Waals surface area contributed by atoms with Crippen molar-refractivity contribution in [3.8, 4) is 6.07 Å². The predicted octanol–water partition coefficient (Wildman–Crippen LogP) is 6.03. The Labute approximate surface area is 220 Å². The number of carbonyl (C=O) groups is 2. The minimum atomic E-state index is -0.294. The number of carbonyl (C=O) groups excluding carboxylic acids is 2. The van der Waals surface area contributed by atoms with Crippen LogP contribution in [-0.2, 0) is 6.54 Å². The molecule has 1 aliphatic rings. The monoisotopic (exact) mass is 520 g/mol. The van der Waals surface area contributed by atoms with Crippen molar-refractivity contribution in [3.63, 3.8) is 0 Å². The molecule has 3 N–H and O–H groups in total. The lowest BCUT2D eigenvalue weighted by atomic mass is 9.90. The van der Waals surface area contributed by atoms with Crippen molar-refractivity contribution in [2.24, 2.45) is 5.73 Å². The molecular formula is C28H26Cl2N4O2. The summed E-state index contributed by atoms with van der Waals surface area (Å²) in [7, 11) is 0. The number of benzene rings is 3. The molecule has 0 spiro atoms. The summed E-state index contributed by atoms with van der Waals surface area (Å²) in [4.78, 5) is 28.1. The number of hydrogen-bond acceptors (Lipinski definition) is 4. The van der Waals surface area contributed by atoms with E-state index in [0.29, 0.717) is 32.4 Å². The number of nitrogens with zero attached hydrogens (tertiary/aromatic N) is 2. The van der Waals surface area contributed by atoms with Crippen LogP contribution < -0.4 is 11.1 Å². The summed E-state index contributed by atoms with van der Waals surface area (Å²) >= 11 is 12.6. The molecule has 0 aliphatic heterocycles. The average Bonchev–Trinajstić information content (AvgIpc) is 2.89. The van der Waals surface area contributed by atoms with Crippen LogP contribution in [0.5, 0.6) is 0 Å². The molecule has 8 heteroatoms. The number of nitrogens with one attached hydrogen (secondary N) is 1. The van der Waals surface area contributed by atoms with Crippen molar-refractivity contribution in [2.45, 2.75) is 44.3 Å². The molecule has 36 heavy (non-hydrogen) atoms. The fourth-order valence-corrected chi connectivity index (χ4v) is 4.79. The Kier molecular flexibility index (Phi) is 8.27. The summed E-state index contributed by atoms with van der Waals surface area (Å²) in [6, 6.07) is 20.8. The largest absolute Gasteiger partial charge is 0.331 e. The van der Waals surface area contributed by atoms with Gasteiger partial charge in [0.05, 0.1) is 11.6 Å². The van der Waals surface area contributed by atoms with E-state index in [2.05, 4.69) is 11.4 Å². The van der Waals surface area contributed by atoms with Gasteiger partial charge in [-0.15, -0.1) is 0 Å². The van der Waals surface area contributed by atoms with Gasteiger partial charge >= 0.3 is 0 Å². The van der Waals surface area contributed by atoms with Gasteiger partial charge in [-0.2, -0.15) is 5.26 Å². The van der Waals surface area contributed by atoms with Gasteiger partial charge in [-0.05, 0) is 91.9 Å².